The van der Waals surface area contributed by atoms with Gasteiger partial charge >= 0.3 is 6.01 Å². The first-order chi connectivity index (χ1) is 11.7. The summed E-state index contributed by atoms with van der Waals surface area (Å²) in [5, 5.41) is 0. The molecule has 0 amide bonds. The molecule has 2 aromatic heterocycles. The Labute approximate surface area is 142 Å². The van der Waals surface area contributed by atoms with E-state index < -0.39 is 0 Å². The van der Waals surface area contributed by atoms with Gasteiger partial charge < -0.3 is 19.0 Å². The summed E-state index contributed by atoms with van der Waals surface area (Å²) >= 11 is 0. The van der Waals surface area contributed by atoms with E-state index >= 15 is 0 Å². The zero-order chi connectivity index (χ0) is 16.9. The highest BCUT2D eigenvalue weighted by atomic mass is 16.5. The van der Waals surface area contributed by atoms with Crippen molar-refractivity contribution in [2.75, 3.05) is 37.0 Å². The summed E-state index contributed by atoms with van der Waals surface area (Å²) in [5.41, 5.74) is 0. The molecule has 0 unspecified atom stereocenters. The van der Waals surface area contributed by atoms with E-state index in [0.29, 0.717) is 24.5 Å². The highest BCUT2D eigenvalue weighted by Gasteiger charge is 2.18. The third-order valence-electron chi connectivity index (χ3n) is 4.19. The molecule has 0 saturated carbocycles. The minimum Gasteiger partial charge on any atom is -0.467 e. The molecule has 0 spiro atoms. The first kappa shape index (κ1) is 16.5. The molecule has 3 rings (SSSR count). The van der Waals surface area contributed by atoms with Crippen LogP contribution in [0.2, 0.25) is 0 Å². The predicted molar refractivity (Wildman–Crippen MR) is 92.6 cm³/mol. The summed E-state index contributed by atoms with van der Waals surface area (Å²) in [4.78, 5) is 17.7. The Balaban J connectivity index is 1.82. The van der Waals surface area contributed by atoms with Crippen molar-refractivity contribution < 1.29 is 9.15 Å². The number of aryl methyl sites for hydroxylation is 1. The fourth-order valence-corrected chi connectivity index (χ4v) is 2.88. The second-order valence-electron chi connectivity index (χ2n) is 6.19. The number of ether oxygens (including phenoxy) is 1. The Morgan fingerprint density at radius 2 is 1.88 bits per heavy atom. The van der Waals surface area contributed by atoms with E-state index in [9.17, 15) is 0 Å². The predicted octanol–water partition coefficient (Wildman–Crippen LogP) is 2.80. The van der Waals surface area contributed by atoms with Gasteiger partial charge in [0.1, 0.15) is 11.5 Å². The van der Waals surface area contributed by atoms with Crippen molar-refractivity contribution in [3.8, 4) is 6.01 Å². The van der Waals surface area contributed by atoms with Crippen LogP contribution in [-0.2, 0) is 6.54 Å². The van der Waals surface area contributed by atoms with E-state index in [1.54, 1.807) is 7.11 Å². The van der Waals surface area contributed by atoms with Crippen LogP contribution in [0.4, 0.5) is 11.9 Å². The zero-order valence-electron chi connectivity index (χ0n) is 14.7. The Hall–Kier alpha value is -2.31. The van der Waals surface area contributed by atoms with Crippen LogP contribution in [0.15, 0.2) is 16.5 Å². The van der Waals surface area contributed by atoms with E-state index in [2.05, 4.69) is 19.9 Å². The fourth-order valence-electron chi connectivity index (χ4n) is 2.88. The Kier molecular flexibility index (Phi) is 5.17. The average molecular weight is 331 g/mol. The van der Waals surface area contributed by atoms with Gasteiger partial charge in [-0.2, -0.15) is 15.0 Å². The molecular weight excluding hydrogens is 306 g/mol. The fraction of sp³-hybridized carbons (Fsp3) is 0.588. The van der Waals surface area contributed by atoms with E-state index in [1.165, 1.54) is 25.7 Å². The smallest absolute Gasteiger partial charge is 0.322 e. The SMILES string of the molecule is COc1nc(N(C)Cc2ccc(C)o2)nc(N2CCCCCC2)n1. The maximum atomic E-state index is 5.64. The van der Waals surface area contributed by atoms with Crippen molar-refractivity contribution in [1.29, 1.82) is 0 Å². The highest BCUT2D eigenvalue weighted by Crippen LogP contribution is 2.21. The largest absolute Gasteiger partial charge is 0.467 e. The van der Waals surface area contributed by atoms with Gasteiger partial charge in [0, 0.05) is 20.1 Å². The Morgan fingerprint density at radius 3 is 2.50 bits per heavy atom. The standard InChI is InChI=1S/C17H25N5O2/c1-13-8-9-14(24-13)12-21(2)15-18-16(20-17(19-15)23-3)22-10-6-4-5-7-11-22/h8-9H,4-7,10-12H2,1-3H3. The van der Waals surface area contributed by atoms with E-state index in [-0.39, 0.29) is 0 Å². The molecule has 7 nitrogen and oxygen atoms in total. The summed E-state index contributed by atoms with van der Waals surface area (Å²) in [5.74, 6) is 3.07. The molecule has 130 valence electrons. The van der Waals surface area contributed by atoms with Gasteiger partial charge in [-0.25, -0.2) is 0 Å². The normalized spacial score (nSPS) is 15.2. The lowest BCUT2D eigenvalue weighted by atomic mass is 10.2. The number of methoxy groups -OCH3 is 1. The van der Waals surface area contributed by atoms with Gasteiger partial charge in [0.25, 0.3) is 0 Å². The lowest BCUT2D eigenvalue weighted by molar-refractivity contribution is 0.377. The first-order valence-corrected chi connectivity index (χ1v) is 8.47. The topological polar surface area (TPSA) is 67.5 Å². The van der Waals surface area contributed by atoms with Gasteiger partial charge in [-0.3, -0.25) is 0 Å². The van der Waals surface area contributed by atoms with Crippen LogP contribution in [0.3, 0.4) is 0 Å². The van der Waals surface area contributed by atoms with Crippen LogP contribution in [0, 0.1) is 6.92 Å². The zero-order valence-corrected chi connectivity index (χ0v) is 14.7. The minimum atomic E-state index is 0.349. The maximum absolute atomic E-state index is 5.64. The van der Waals surface area contributed by atoms with Crippen molar-refractivity contribution in [1.82, 2.24) is 15.0 Å². The summed E-state index contributed by atoms with van der Waals surface area (Å²) in [6.45, 7) is 4.49. The van der Waals surface area contributed by atoms with E-state index in [0.717, 1.165) is 24.6 Å². The van der Waals surface area contributed by atoms with Crippen LogP contribution in [-0.4, -0.2) is 42.2 Å². The molecule has 0 atom stereocenters. The average Bonchev–Trinajstić information content (AvgIpc) is 2.84. The molecule has 1 aliphatic rings. The van der Waals surface area contributed by atoms with Crippen LogP contribution >= 0.6 is 0 Å². The minimum absolute atomic E-state index is 0.349. The highest BCUT2D eigenvalue weighted by molar-refractivity contribution is 5.40. The molecule has 0 radical (unpaired) electrons. The Bertz CT molecular complexity index is 665. The summed E-state index contributed by atoms with van der Waals surface area (Å²) in [6.07, 6.45) is 4.88. The van der Waals surface area contributed by atoms with Crippen molar-refractivity contribution in [2.24, 2.45) is 0 Å². The molecule has 24 heavy (non-hydrogen) atoms. The van der Waals surface area contributed by atoms with Gasteiger partial charge in [0.05, 0.1) is 13.7 Å². The quantitative estimate of drug-likeness (QED) is 0.834. The third kappa shape index (κ3) is 3.96. The van der Waals surface area contributed by atoms with Crippen molar-refractivity contribution in [3.05, 3.63) is 23.7 Å². The number of hydrogen-bond acceptors (Lipinski definition) is 7. The Morgan fingerprint density at radius 1 is 1.12 bits per heavy atom. The molecular formula is C17H25N5O2. The van der Waals surface area contributed by atoms with Gasteiger partial charge in [-0.05, 0) is 31.9 Å². The molecule has 1 aliphatic heterocycles. The van der Waals surface area contributed by atoms with Crippen LogP contribution < -0.4 is 14.5 Å². The molecule has 2 aromatic rings. The summed E-state index contributed by atoms with van der Waals surface area (Å²) in [6, 6.07) is 4.28. The van der Waals surface area contributed by atoms with E-state index in [1.807, 2.05) is 31.0 Å². The first-order valence-electron chi connectivity index (χ1n) is 8.47. The molecule has 7 heteroatoms. The number of furan rings is 1. The van der Waals surface area contributed by atoms with E-state index in [4.69, 9.17) is 9.15 Å². The lowest BCUT2D eigenvalue weighted by Gasteiger charge is -2.22. The second kappa shape index (κ2) is 7.51. The number of rotatable bonds is 5. The molecule has 1 saturated heterocycles. The molecule has 0 bridgehead atoms. The maximum Gasteiger partial charge on any atom is 0.322 e. The lowest BCUT2D eigenvalue weighted by Crippen LogP contribution is -2.28. The van der Waals surface area contributed by atoms with Gasteiger partial charge in [-0.1, -0.05) is 12.8 Å². The molecule has 1 fully saturated rings. The van der Waals surface area contributed by atoms with Gasteiger partial charge in [0.15, 0.2) is 0 Å². The summed E-state index contributed by atoms with van der Waals surface area (Å²) < 4.78 is 10.9. The summed E-state index contributed by atoms with van der Waals surface area (Å²) in [7, 11) is 3.53. The number of aromatic nitrogens is 3. The monoisotopic (exact) mass is 331 g/mol. The van der Waals surface area contributed by atoms with Gasteiger partial charge in [0.2, 0.25) is 11.9 Å². The van der Waals surface area contributed by atoms with Crippen molar-refractivity contribution >= 4 is 11.9 Å². The van der Waals surface area contributed by atoms with Gasteiger partial charge in [-0.15, -0.1) is 0 Å². The number of nitrogens with zero attached hydrogens (tertiary/aromatic N) is 5. The van der Waals surface area contributed by atoms with Crippen LogP contribution in [0.1, 0.15) is 37.2 Å². The third-order valence-corrected chi connectivity index (χ3v) is 4.19. The second-order valence-corrected chi connectivity index (χ2v) is 6.19. The van der Waals surface area contributed by atoms with Crippen molar-refractivity contribution in [2.45, 2.75) is 39.2 Å². The molecule has 0 aliphatic carbocycles. The molecule has 3 heterocycles. The molecule has 0 N–H and O–H groups in total. The van der Waals surface area contributed by atoms with Crippen molar-refractivity contribution in [3.63, 3.8) is 0 Å². The van der Waals surface area contributed by atoms with Crippen LogP contribution in [0.25, 0.3) is 0 Å². The number of anilines is 2. The number of hydrogen-bond donors (Lipinski definition) is 0. The van der Waals surface area contributed by atoms with Crippen LogP contribution in [0.5, 0.6) is 6.01 Å². The molecule has 0 aromatic carbocycles.